The molecule has 2 amide bonds. The Morgan fingerprint density at radius 3 is 1.87 bits per heavy atom. The minimum Gasteiger partial charge on any atom is -0.481 e. The van der Waals surface area contributed by atoms with E-state index in [1.54, 1.807) is 64.6 Å². The van der Waals surface area contributed by atoms with Gasteiger partial charge in [-0.2, -0.15) is 16.1 Å². The van der Waals surface area contributed by atoms with Crippen LogP contribution >= 0.6 is 23.5 Å². The molecule has 1 heterocycles. The highest BCUT2D eigenvalue weighted by Gasteiger charge is 2.52. The van der Waals surface area contributed by atoms with Gasteiger partial charge >= 0.3 is 0 Å². The number of aromatic nitrogens is 1. The summed E-state index contributed by atoms with van der Waals surface area (Å²) in [5, 5.41) is 21.7. The molecule has 0 aliphatic heterocycles. The molecule has 0 fully saturated rings. The van der Waals surface area contributed by atoms with Crippen molar-refractivity contribution in [3.05, 3.63) is 78.6 Å². The molecule has 0 aliphatic rings. The Balaban J connectivity index is 2.15. The van der Waals surface area contributed by atoms with Crippen LogP contribution in [0.2, 0.25) is 0 Å². The Kier molecular flexibility index (Phi) is 18.8. The molecule has 3 rings (SSSR count). The van der Waals surface area contributed by atoms with Crippen molar-refractivity contribution in [2.75, 3.05) is 33.1 Å². The predicted molar refractivity (Wildman–Crippen MR) is 232 cm³/mol. The number of nitrogens with zero attached hydrogens (tertiary/aromatic N) is 4. The van der Waals surface area contributed by atoms with Gasteiger partial charge < -0.3 is 9.47 Å². The standard InChI is InChI=1S/C41H53N5O10S4/c1-9-12-25-55-32-16-20-34(21-17-32)59(51,52)44(7)37(38(47)43-49)41(6,58-30-31-15-14-24-42-29-31)28-36(40(4,5)57-27-11-3)39(48)46(50)45(8)60(53,54)35-22-18-33(19-23-35)56-26-13-10-2/h14-24,29,36-37,49-50H,11,25-28,30H2,1-8H3,(H,43,47). The highest BCUT2D eigenvalue weighted by molar-refractivity contribution is 8.00. The monoisotopic (exact) mass is 903 g/mol. The van der Waals surface area contributed by atoms with Gasteiger partial charge in [-0.05, 0) is 113 Å². The van der Waals surface area contributed by atoms with Gasteiger partial charge in [-0.25, -0.2) is 22.3 Å². The Bertz CT molecular complexity index is 2240. The first kappa shape index (κ1) is 50.0. The van der Waals surface area contributed by atoms with Gasteiger partial charge in [0.2, 0.25) is 10.0 Å². The fourth-order valence-corrected chi connectivity index (χ4v) is 11.1. The molecule has 3 atom stereocenters. The molecule has 15 nitrogen and oxygen atoms in total. The zero-order chi connectivity index (χ0) is 44.7. The van der Waals surface area contributed by atoms with Crippen molar-refractivity contribution in [2.24, 2.45) is 5.92 Å². The number of carbonyl (C=O) groups excluding carboxylic acids is 2. The van der Waals surface area contributed by atoms with Gasteiger partial charge in [0.25, 0.3) is 21.8 Å². The second-order valence-corrected chi connectivity index (χ2v) is 21.2. The minimum atomic E-state index is -4.53. The molecule has 19 heteroatoms. The molecule has 3 N–H and O–H groups in total. The number of hydrogen-bond donors (Lipinski definition) is 3. The van der Waals surface area contributed by atoms with Crippen molar-refractivity contribution in [2.45, 2.75) is 85.5 Å². The first-order valence-corrected chi connectivity index (χ1v) is 23.5. The number of benzene rings is 2. The molecule has 0 saturated heterocycles. The molecule has 0 spiro atoms. The van der Waals surface area contributed by atoms with E-state index in [4.69, 9.17) is 9.47 Å². The predicted octanol–water partition coefficient (Wildman–Crippen LogP) is 5.45. The highest BCUT2D eigenvalue weighted by Crippen LogP contribution is 2.46. The van der Waals surface area contributed by atoms with E-state index >= 15 is 0 Å². The van der Waals surface area contributed by atoms with Gasteiger partial charge in [-0.3, -0.25) is 25.0 Å². The lowest BCUT2D eigenvalue weighted by atomic mass is 9.81. The Morgan fingerprint density at radius 1 is 0.867 bits per heavy atom. The zero-order valence-electron chi connectivity index (χ0n) is 34.9. The quantitative estimate of drug-likeness (QED) is 0.0655. The number of rotatable bonds is 22. The van der Waals surface area contributed by atoms with Crippen LogP contribution in [0.3, 0.4) is 0 Å². The lowest BCUT2D eigenvalue weighted by Gasteiger charge is -2.45. The van der Waals surface area contributed by atoms with E-state index in [-0.39, 0.29) is 40.4 Å². The molecule has 2 aromatic carbocycles. The van der Waals surface area contributed by atoms with Crippen molar-refractivity contribution >= 4 is 55.4 Å². The molecule has 1 aromatic heterocycles. The Morgan fingerprint density at radius 2 is 1.40 bits per heavy atom. The fraction of sp³-hybridized carbons (Fsp3) is 0.439. The third-order valence-electron chi connectivity index (χ3n) is 9.43. The number of hydrazine groups is 1. The van der Waals surface area contributed by atoms with Gasteiger partial charge in [0, 0.05) is 41.7 Å². The minimum absolute atomic E-state index is 0.0268. The third-order valence-corrected chi connectivity index (χ3v) is 16.1. The number of hydroxylamine groups is 2. The summed E-state index contributed by atoms with van der Waals surface area (Å²) in [4.78, 5) is 32.3. The Labute approximate surface area is 362 Å². The van der Waals surface area contributed by atoms with Crippen molar-refractivity contribution in [3.8, 4) is 35.2 Å². The fourth-order valence-electron chi connectivity index (χ4n) is 6.01. The first-order chi connectivity index (χ1) is 28.3. The summed E-state index contributed by atoms with van der Waals surface area (Å²) in [5.41, 5.74) is 2.33. The van der Waals surface area contributed by atoms with E-state index in [2.05, 4.69) is 28.7 Å². The average molecular weight is 904 g/mol. The molecule has 0 radical (unpaired) electrons. The maximum atomic E-state index is 14.7. The molecule has 60 heavy (non-hydrogen) atoms. The number of sulfonamides is 2. The summed E-state index contributed by atoms with van der Waals surface area (Å²) in [6.45, 7) is 10.5. The SMILES string of the molecule is CC#CCOc1ccc(S(=O)(=O)N(C)C(C(=O)NO)C(C)(CC(C(=O)N(O)N(C)S(=O)(=O)c2ccc(OCC#CC)cc2)C(C)(C)SCCC)SCc2cccnc2)cc1. The van der Waals surface area contributed by atoms with Crippen LogP contribution in [-0.4, -0.2) is 107 Å². The van der Waals surface area contributed by atoms with E-state index < -0.39 is 53.3 Å². The molecular formula is C41H53N5O10S4. The van der Waals surface area contributed by atoms with Crippen LogP contribution in [0.15, 0.2) is 82.8 Å². The molecule has 3 unspecified atom stereocenters. The Hall–Kier alpha value is -4.31. The lowest BCUT2D eigenvalue weighted by molar-refractivity contribution is -0.211. The van der Waals surface area contributed by atoms with E-state index in [9.17, 15) is 36.8 Å². The number of amides is 2. The third kappa shape index (κ3) is 12.9. The second kappa shape index (κ2) is 22.5. The van der Waals surface area contributed by atoms with E-state index in [0.29, 0.717) is 33.7 Å². The number of hydrogen-bond acceptors (Lipinski definition) is 13. The van der Waals surface area contributed by atoms with Crippen LogP contribution < -0.4 is 15.0 Å². The van der Waals surface area contributed by atoms with Crippen molar-refractivity contribution in [1.29, 1.82) is 0 Å². The lowest BCUT2D eigenvalue weighted by Crippen LogP contribution is -2.60. The van der Waals surface area contributed by atoms with Gasteiger partial charge in [0.05, 0.1) is 15.7 Å². The van der Waals surface area contributed by atoms with Crippen LogP contribution in [0.5, 0.6) is 11.5 Å². The van der Waals surface area contributed by atoms with Crippen LogP contribution in [-0.2, 0) is 35.4 Å². The summed E-state index contributed by atoms with van der Waals surface area (Å²) in [6.07, 6.45) is 3.58. The molecular weight excluding hydrogens is 851 g/mol. The van der Waals surface area contributed by atoms with E-state index in [1.165, 1.54) is 67.3 Å². The van der Waals surface area contributed by atoms with Crippen LogP contribution in [0, 0.1) is 29.6 Å². The maximum absolute atomic E-state index is 14.7. The molecule has 0 aliphatic carbocycles. The van der Waals surface area contributed by atoms with Gasteiger partial charge in [0.15, 0.2) is 0 Å². The highest BCUT2D eigenvalue weighted by atomic mass is 32.2. The normalized spacial score (nSPS) is 13.8. The van der Waals surface area contributed by atoms with Gasteiger partial charge in [-0.15, -0.1) is 28.8 Å². The summed E-state index contributed by atoms with van der Waals surface area (Å²) >= 11 is 2.52. The van der Waals surface area contributed by atoms with Crippen molar-refractivity contribution in [3.63, 3.8) is 0 Å². The molecule has 3 aromatic rings. The van der Waals surface area contributed by atoms with Crippen molar-refractivity contribution < 1.29 is 46.3 Å². The average Bonchev–Trinajstić information content (AvgIpc) is 3.24. The van der Waals surface area contributed by atoms with E-state index in [0.717, 1.165) is 23.1 Å². The van der Waals surface area contributed by atoms with Gasteiger partial charge in [0.1, 0.15) is 30.8 Å². The van der Waals surface area contributed by atoms with Gasteiger partial charge in [-0.1, -0.05) is 29.2 Å². The number of carbonyl (C=O) groups is 2. The molecule has 0 bridgehead atoms. The number of ether oxygens (including phenoxy) is 2. The molecule has 326 valence electrons. The number of thioether (sulfide) groups is 2. The smallest absolute Gasteiger partial charge is 0.266 e. The maximum Gasteiger partial charge on any atom is 0.266 e. The summed E-state index contributed by atoms with van der Waals surface area (Å²) < 4.78 is 66.0. The topological polar surface area (TPSA) is 196 Å². The zero-order valence-corrected chi connectivity index (χ0v) is 38.2. The largest absolute Gasteiger partial charge is 0.481 e. The van der Waals surface area contributed by atoms with Crippen molar-refractivity contribution in [1.82, 2.24) is 24.4 Å². The van der Waals surface area contributed by atoms with Crippen LogP contribution in [0.4, 0.5) is 0 Å². The first-order valence-electron chi connectivity index (χ1n) is 18.7. The van der Waals surface area contributed by atoms with E-state index in [1.807, 2.05) is 6.92 Å². The number of nitrogens with one attached hydrogen (secondary N) is 1. The number of pyridine rings is 1. The van der Waals surface area contributed by atoms with Crippen LogP contribution in [0.1, 0.15) is 59.9 Å². The summed E-state index contributed by atoms with van der Waals surface area (Å²) in [5.74, 6) is 8.94. The second-order valence-electron chi connectivity index (χ2n) is 14.0. The molecule has 0 saturated carbocycles. The summed E-state index contributed by atoms with van der Waals surface area (Å²) in [6, 6.07) is 12.7. The summed E-state index contributed by atoms with van der Waals surface area (Å²) in [7, 11) is -6.82. The number of likely N-dealkylation sites (N-methyl/N-ethyl adjacent to an activating group) is 1. The van der Waals surface area contributed by atoms with Crippen LogP contribution in [0.25, 0.3) is 0 Å².